The van der Waals surface area contributed by atoms with Crippen LogP contribution < -0.4 is 5.56 Å². The molecule has 4 rings (SSSR count). The summed E-state index contributed by atoms with van der Waals surface area (Å²) in [6.45, 7) is 6.49. The van der Waals surface area contributed by atoms with Gasteiger partial charge in [0.25, 0.3) is 5.56 Å². The Hall–Kier alpha value is -1.52. The van der Waals surface area contributed by atoms with E-state index in [1.54, 1.807) is 18.3 Å². The van der Waals surface area contributed by atoms with Crippen molar-refractivity contribution in [2.45, 2.75) is 42.8 Å². The highest BCUT2D eigenvalue weighted by molar-refractivity contribution is 8.00. The van der Waals surface area contributed by atoms with Crippen molar-refractivity contribution in [2.24, 2.45) is 0 Å². The number of esters is 1. The van der Waals surface area contributed by atoms with Crippen LogP contribution in [0, 0.1) is 0 Å². The van der Waals surface area contributed by atoms with Crippen LogP contribution in [0.1, 0.15) is 31.2 Å². The molecule has 1 N–H and O–H groups in total. The molecular weight excluding hydrogens is 392 g/mol. The second-order valence-electron chi connectivity index (χ2n) is 6.58. The molecule has 0 aromatic carbocycles. The highest BCUT2D eigenvalue weighted by Crippen LogP contribution is 2.43. The summed E-state index contributed by atoms with van der Waals surface area (Å²) in [6.07, 6.45) is 0.846. The van der Waals surface area contributed by atoms with E-state index in [0.29, 0.717) is 22.9 Å². The van der Waals surface area contributed by atoms with E-state index in [1.807, 2.05) is 11.8 Å². The molecule has 0 saturated heterocycles. The molecule has 0 bridgehead atoms. The Labute approximate surface area is 161 Å². The molecule has 0 amide bonds. The lowest BCUT2D eigenvalue weighted by molar-refractivity contribution is -0.139. The number of aromatic nitrogens is 4. The maximum Gasteiger partial charge on any atom is 0.316 e. The number of thioether (sulfide) groups is 2. The van der Waals surface area contributed by atoms with Crippen molar-refractivity contribution < 1.29 is 9.53 Å². The van der Waals surface area contributed by atoms with Gasteiger partial charge in [0.2, 0.25) is 5.78 Å². The molecule has 3 aromatic rings. The van der Waals surface area contributed by atoms with Crippen LogP contribution in [0.4, 0.5) is 0 Å². The Morgan fingerprint density at radius 3 is 3.04 bits per heavy atom. The molecule has 0 radical (unpaired) electrons. The van der Waals surface area contributed by atoms with Crippen LogP contribution in [0.15, 0.2) is 9.95 Å². The molecule has 7 nitrogen and oxygen atoms in total. The molecule has 4 heterocycles. The smallest absolute Gasteiger partial charge is 0.316 e. The van der Waals surface area contributed by atoms with Crippen LogP contribution in [0.2, 0.25) is 0 Å². The minimum Gasteiger partial charge on any atom is -0.465 e. The standard InChI is InChI=1S/C16H18N4O3S3/c1-4-23-10(21)7-24-15-19-18-14-17-12-11(13(22)20(14)15)8-5-16(2,3)25-6-9(8)26-12/h4-7H2,1-3H3,(H,17,18). The fraction of sp³-hybridized carbons (Fsp3) is 0.500. The number of hydrogen-bond donors (Lipinski definition) is 1. The summed E-state index contributed by atoms with van der Waals surface area (Å²) in [7, 11) is 0. The lowest BCUT2D eigenvalue weighted by Gasteiger charge is -2.28. The lowest BCUT2D eigenvalue weighted by atomic mass is 10.00. The van der Waals surface area contributed by atoms with Crippen molar-refractivity contribution >= 4 is 56.8 Å². The molecule has 26 heavy (non-hydrogen) atoms. The van der Waals surface area contributed by atoms with Gasteiger partial charge in [0.15, 0.2) is 5.16 Å². The Morgan fingerprint density at radius 1 is 1.46 bits per heavy atom. The van der Waals surface area contributed by atoms with Crippen LogP contribution in [-0.2, 0) is 21.7 Å². The number of fused-ring (bicyclic) bond motifs is 4. The fourth-order valence-corrected chi connectivity index (χ4v) is 6.09. The van der Waals surface area contributed by atoms with Crippen LogP contribution in [0.3, 0.4) is 0 Å². The van der Waals surface area contributed by atoms with E-state index < -0.39 is 0 Å². The number of hydrogen-bond acceptors (Lipinski definition) is 8. The number of ether oxygens (including phenoxy) is 1. The molecule has 0 atom stereocenters. The first-order valence-electron chi connectivity index (χ1n) is 8.23. The number of H-pyrrole nitrogens is 1. The number of rotatable bonds is 4. The summed E-state index contributed by atoms with van der Waals surface area (Å²) >= 11 is 4.67. The van der Waals surface area contributed by atoms with Crippen molar-refractivity contribution in [1.29, 1.82) is 0 Å². The molecular formula is C16H18N4O3S3. The van der Waals surface area contributed by atoms with Gasteiger partial charge in [0, 0.05) is 15.4 Å². The summed E-state index contributed by atoms with van der Waals surface area (Å²) in [5.74, 6) is 1.08. The van der Waals surface area contributed by atoms with Crippen LogP contribution in [0.5, 0.6) is 0 Å². The van der Waals surface area contributed by atoms with E-state index in [9.17, 15) is 9.59 Å². The van der Waals surface area contributed by atoms with Gasteiger partial charge in [-0.1, -0.05) is 25.6 Å². The summed E-state index contributed by atoms with van der Waals surface area (Å²) in [5, 5.41) is 8.08. The van der Waals surface area contributed by atoms with Gasteiger partial charge in [-0.15, -0.1) is 28.2 Å². The molecule has 0 spiro atoms. The quantitative estimate of drug-likeness (QED) is 0.522. The van der Waals surface area contributed by atoms with Crippen LogP contribution in [-0.4, -0.2) is 42.7 Å². The van der Waals surface area contributed by atoms with Gasteiger partial charge in [0.05, 0.1) is 17.7 Å². The zero-order valence-electron chi connectivity index (χ0n) is 14.6. The van der Waals surface area contributed by atoms with Crippen molar-refractivity contribution in [2.75, 3.05) is 12.4 Å². The largest absolute Gasteiger partial charge is 0.465 e. The molecule has 10 heteroatoms. The average molecular weight is 411 g/mol. The SMILES string of the molecule is CCOC(=O)CSc1n[nH]c2nc3sc4c(c3c(=O)n12)CC(C)(C)SC4. The normalized spacial score (nSPS) is 16.1. The highest BCUT2D eigenvalue weighted by atomic mass is 32.2. The predicted molar refractivity (Wildman–Crippen MR) is 105 cm³/mol. The zero-order valence-corrected chi connectivity index (χ0v) is 17.1. The van der Waals surface area contributed by atoms with Crippen molar-refractivity contribution in [3.63, 3.8) is 0 Å². The van der Waals surface area contributed by atoms with E-state index in [2.05, 4.69) is 29.0 Å². The second kappa shape index (κ2) is 6.58. The number of thiophene rings is 1. The third kappa shape index (κ3) is 3.03. The molecule has 1 aliphatic rings. The van der Waals surface area contributed by atoms with Gasteiger partial charge in [-0.05, 0) is 18.9 Å². The number of carbonyl (C=O) groups is 1. The third-order valence-corrected chi connectivity index (χ3v) is 7.75. The summed E-state index contributed by atoms with van der Waals surface area (Å²) in [5.41, 5.74) is 0.994. The highest BCUT2D eigenvalue weighted by Gasteiger charge is 2.31. The molecule has 0 saturated carbocycles. The summed E-state index contributed by atoms with van der Waals surface area (Å²) in [6, 6.07) is 0. The maximum absolute atomic E-state index is 13.2. The third-order valence-electron chi connectivity index (χ3n) is 4.17. The van der Waals surface area contributed by atoms with E-state index >= 15 is 0 Å². The molecule has 0 unspecified atom stereocenters. The van der Waals surface area contributed by atoms with Crippen LogP contribution in [0.25, 0.3) is 16.0 Å². The zero-order chi connectivity index (χ0) is 18.5. The lowest BCUT2D eigenvalue weighted by Crippen LogP contribution is -2.24. The minimum absolute atomic E-state index is 0.101. The number of nitrogens with one attached hydrogen (secondary N) is 1. The predicted octanol–water partition coefficient (Wildman–Crippen LogP) is 2.86. The topological polar surface area (TPSA) is 89.3 Å². The Kier molecular flexibility index (Phi) is 4.52. The molecule has 0 aliphatic carbocycles. The van der Waals surface area contributed by atoms with Crippen molar-refractivity contribution in [3.05, 3.63) is 20.8 Å². The first kappa shape index (κ1) is 17.9. The first-order valence-corrected chi connectivity index (χ1v) is 11.0. The summed E-state index contributed by atoms with van der Waals surface area (Å²) < 4.78 is 6.50. The van der Waals surface area contributed by atoms with Gasteiger partial charge < -0.3 is 4.74 Å². The van der Waals surface area contributed by atoms with Gasteiger partial charge in [-0.3, -0.25) is 9.59 Å². The van der Waals surface area contributed by atoms with E-state index in [0.717, 1.165) is 22.6 Å². The van der Waals surface area contributed by atoms with Gasteiger partial charge in [0.1, 0.15) is 4.83 Å². The second-order valence-corrected chi connectivity index (χ2v) is 10.3. The summed E-state index contributed by atoms with van der Waals surface area (Å²) in [4.78, 5) is 31.4. The van der Waals surface area contributed by atoms with Gasteiger partial charge >= 0.3 is 5.97 Å². The Balaban J connectivity index is 1.81. The molecule has 0 fully saturated rings. The number of carbonyl (C=O) groups excluding carboxylic acids is 1. The molecule has 3 aromatic heterocycles. The van der Waals surface area contributed by atoms with Gasteiger partial charge in [-0.25, -0.2) is 14.5 Å². The fourth-order valence-electron chi connectivity index (χ4n) is 3.02. The van der Waals surface area contributed by atoms with Crippen molar-refractivity contribution in [1.82, 2.24) is 19.6 Å². The number of aromatic amines is 1. The number of nitrogens with zero attached hydrogens (tertiary/aromatic N) is 3. The maximum atomic E-state index is 13.2. The van der Waals surface area contributed by atoms with Crippen molar-refractivity contribution in [3.8, 4) is 0 Å². The Bertz CT molecular complexity index is 1070. The molecule has 138 valence electrons. The minimum atomic E-state index is -0.331. The van der Waals surface area contributed by atoms with Crippen LogP contribution >= 0.6 is 34.9 Å². The van der Waals surface area contributed by atoms with E-state index in [4.69, 9.17) is 4.74 Å². The molecule has 1 aliphatic heterocycles. The Morgan fingerprint density at radius 2 is 2.27 bits per heavy atom. The van der Waals surface area contributed by atoms with E-state index in [1.165, 1.54) is 21.0 Å². The monoisotopic (exact) mass is 410 g/mol. The van der Waals surface area contributed by atoms with Gasteiger partial charge in [-0.2, -0.15) is 0 Å². The van der Waals surface area contributed by atoms with E-state index in [-0.39, 0.29) is 22.0 Å². The average Bonchev–Trinajstić information content (AvgIpc) is 3.14. The first-order chi connectivity index (χ1) is 12.4.